The molecule has 0 saturated heterocycles. The van der Waals surface area contributed by atoms with E-state index in [1.807, 2.05) is 63.2 Å². The molecule has 3 aromatic rings. The third kappa shape index (κ3) is 11.5. The van der Waals surface area contributed by atoms with Gasteiger partial charge in [-0.15, -0.1) is 0 Å². The fourth-order valence-corrected chi connectivity index (χ4v) is 8.23. The molecule has 0 aromatic heterocycles. The number of nitrogens with two attached hydrogens (primary N) is 1. The lowest BCUT2D eigenvalue weighted by Gasteiger charge is -2.41. The van der Waals surface area contributed by atoms with E-state index in [4.69, 9.17) is 5.73 Å². The number of benzene rings is 3. The molecule has 290 valence electrons. The molecule has 0 aliphatic rings. The second kappa shape index (κ2) is 18.9. The van der Waals surface area contributed by atoms with E-state index in [0.717, 1.165) is 11.1 Å². The predicted molar refractivity (Wildman–Crippen MR) is 217 cm³/mol. The normalized spacial score (nSPS) is 14.2. The second-order valence-electron chi connectivity index (χ2n) is 15.3. The Balaban J connectivity index is 1.65. The maximum absolute atomic E-state index is 13.7. The van der Waals surface area contributed by atoms with Crippen LogP contribution in [0.1, 0.15) is 59.4 Å². The lowest BCUT2D eigenvalue weighted by atomic mass is 9.64. The van der Waals surface area contributed by atoms with Crippen LogP contribution in [0.4, 0.5) is 5.69 Å². The van der Waals surface area contributed by atoms with Gasteiger partial charge < -0.3 is 31.9 Å². The summed E-state index contributed by atoms with van der Waals surface area (Å²) in [5.74, 6) is -0.775. The highest BCUT2D eigenvalue weighted by molar-refractivity contribution is 7.89. The third-order valence-electron chi connectivity index (χ3n) is 10.0. The molecule has 0 bridgehead atoms. The van der Waals surface area contributed by atoms with E-state index >= 15 is 0 Å². The molecule has 0 fully saturated rings. The van der Waals surface area contributed by atoms with E-state index in [1.54, 1.807) is 39.0 Å². The van der Waals surface area contributed by atoms with Crippen LogP contribution in [-0.4, -0.2) is 87.3 Å². The van der Waals surface area contributed by atoms with E-state index < -0.39 is 26.3 Å². The molecule has 0 aliphatic heterocycles. The van der Waals surface area contributed by atoms with Gasteiger partial charge in [0.25, 0.3) is 0 Å². The minimum absolute atomic E-state index is 0.0317. The highest BCUT2D eigenvalue weighted by atomic mass is 32.2. The Morgan fingerprint density at radius 2 is 1.34 bits per heavy atom. The summed E-state index contributed by atoms with van der Waals surface area (Å²) in [5.41, 5.74) is 5.95. The zero-order chi connectivity index (χ0) is 39.5. The summed E-state index contributed by atoms with van der Waals surface area (Å²) < 4.78 is 29.4. The fourth-order valence-electron chi connectivity index (χ4n) is 6.98. The monoisotopic (exact) mass is 749 g/mol. The first-order valence-electron chi connectivity index (χ1n) is 18.4. The van der Waals surface area contributed by atoms with Crippen molar-refractivity contribution in [1.82, 2.24) is 26.0 Å². The van der Waals surface area contributed by atoms with E-state index in [9.17, 15) is 22.8 Å². The number of nitrogens with one attached hydrogen (secondary N) is 5. The topological polar surface area (TPSA) is 175 Å². The Morgan fingerprint density at radius 3 is 2.00 bits per heavy atom. The van der Waals surface area contributed by atoms with Crippen molar-refractivity contribution in [2.45, 2.75) is 65.3 Å². The molecule has 53 heavy (non-hydrogen) atoms. The summed E-state index contributed by atoms with van der Waals surface area (Å²) >= 11 is 0. The molecule has 3 rings (SSSR count). The number of rotatable bonds is 21. The Hall–Kier alpha value is -3.98. The minimum atomic E-state index is -3.89. The lowest BCUT2D eigenvalue weighted by molar-refractivity contribution is -0.141. The van der Waals surface area contributed by atoms with Crippen LogP contribution in [0.3, 0.4) is 0 Å². The van der Waals surface area contributed by atoms with Crippen molar-refractivity contribution in [2.24, 2.45) is 22.0 Å². The summed E-state index contributed by atoms with van der Waals surface area (Å²) in [6.07, 6.45) is 0.820. The van der Waals surface area contributed by atoms with Crippen LogP contribution in [0.2, 0.25) is 0 Å². The molecule has 2 atom stereocenters. The standard InChI is InChI=1S/C39H60BN7O5S/c1-8-38(4,35(49)45-22-21-42-25-28-13-9-10-16-31(28)40)27-39(5,36(50)43-20-19-41)26-37(2,3)34(48)44-23-24-46-53(51,52)33-18-12-14-29-30(33)15-11-17-32(29)47(6)7/h9-18,42,46H,8,19-27,40-41H2,1-7H3,(H,43,50)(H,44,48)(H,45,49). The van der Waals surface area contributed by atoms with Gasteiger partial charge in [0.15, 0.2) is 0 Å². The van der Waals surface area contributed by atoms with Gasteiger partial charge in [-0.1, -0.05) is 88.6 Å². The van der Waals surface area contributed by atoms with Crippen molar-refractivity contribution in [3.63, 3.8) is 0 Å². The maximum atomic E-state index is 13.7. The fraction of sp³-hybridized carbons (Fsp3) is 0.513. The first-order chi connectivity index (χ1) is 24.9. The largest absolute Gasteiger partial charge is 0.377 e. The van der Waals surface area contributed by atoms with E-state index in [1.165, 1.54) is 11.0 Å². The van der Waals surface area contributed by atoms with E-state index in [2.05, 4.69) is 46.0 Å². The van der Waals surface area contributed by atoms with Crippen LogP contribution in [-0.2, 0) is 31.0 Å². The van der Waals surface area contributed by atoms with Crippen molar-refractivity contribution in [2.75, 3.05) is 58.3 Å². The number of anilines is 1. The summed E-state index contributed by atoms with van der Waals surface area (Å²) in [7, 11) is 1.98. The molecule has 0 saturated carbocycles. The maximum Gasteiger partial charge on any atom is 0.241 e. The lowest BCUT2D eigenvalue weighted by Crippen LogP contribution is -2.51. The molecule has 14 heteroatoms. The van der Waals surface area contributed by atoms with Gasteiger partial charge in [-0.3, -0.25) is 14.4 Å². The summed E-state index contributed by atoms with van der Waals surface area (Å²) in [5, 5.41) is 13.6. The number of fused-ring (bicyclic) bond motifs is 1. The van der Waals surface area contributed by atoms with Crippen molar-refractivity contribution in [3.05, 3.63) is 66.2 Å². The Morgan fingerprint density at radius 1 is 0.736 bits per heavy atom. The average Bonchev–Trinajstić information content (AvgIpc) is 3.11. The first kappa shape index (κ1) is 43.4. The molecule has 0 aliphatic carbocycles. The summed E-state index contributed by atoms with van der Waals surface area (Å²) in [6, 6.07) is 18.8. The minimum Gasteiger partial charge on any atom is -0.377 e. The number of amides is 3. The average molecular weight is 750 g/mol. The third-order valence-corrected chi connectivity index (χ3v) is 11.5. The Labute approximate surface area is 317 Å². The smallest absolute Gasteiger partial charge is 0.241 e. The van der Waals surface area contributed by atoms with Crippen LogP contribution in [0.5, 0.6) is 0 Å². The zero-order valence-electron chi connectivity index (χ0n) is 32.8. The Kier molecular flexibility index (Phi) is 15.5. The van der Waals surface area contributed by atoms with Gasteiger partial charge >= 0.3 is 0 Å². The number of sulfonamides is 1. The number of hydrogen-bond acceptors (Lipinski definition) is 8. The number of carbonyl (C=O) groups is 3. The van der Waals surface area contributed by atoms with Crippen molar-refractivity contribution < 1.29 is 22.8 Å². The van der Waals surface area contributed by atoms with Gasteiger partial charge in [0.1, 0.15) is 7.85 Å². The SMILES string of the molecule is Bc1ccccc1CNCCNC(=O)C(C)(CC)CC(C)(CC(C)(C)C(=O)NCCNS(=O)(=O)c1cccc2c(N(C)C)cccc12)C(=O)NCCN. The molecule has 0 heterocycles. The van der Waals surface area contributed by atoms with Crippen molar-refractivity contribution in [1.29, 1.82) is 0 Å². The van der Waals surface area contributed by atoms with E-state index in [0.29, 0.717) is 31.4 Å². The molecule has 3 aromatic carbocycles. The van der Waals surface area contributed by atoms with Gasteiger partial charge in [-0.2, -0.15) is 0 Å². The van der Waals surface area contributed by atoms with Crippen LogP contribution in [0.25, 0.3) is 10.8 Å². The molecule has 12 nitrogen and oxygen atoms in total. The van der Waals surface area contributed by atoms with Gasteiger partial charge in [0, 0.05) is 92.6 Å². The van der Waals surface area contributed by atoms with E-state index in [-0.39, 0.29) is 61.6 Å². The highest BCUT2D eigenvalue weighted by Crippen LogP contribution is 2.44. The number of nitrogens with zero attached hydrogens (tertiary/aromatic N) is 1. The van der Waals surface area contributed by atoms with Gasteiger partial charge in [0.2, 0.25) is 27.7 Å². The molecule has 7 N–H and O–H groups in total. The van der Waals surface area contributed by atoms with Crippen LogP contribution in [0, 0.1) is 16.2 Å². The van der Waals surface area contributed by atoms with Crippen molar-refractivity contribution >= 4 is 57.5 Å². The first-order valence-corrected chi connectivity index (χ1v) is 19.9. The highest BCUT2D eigenvalue weighted by Gasteiger charge is 2.47. The molecular formula is C39H60BN7O5S. The molecule has 0 radical (unpaired) electrons. The molecule has 3 amide bonds. The molecular weight excluding hydrogens is 689 g/mol. The quantitative estimate of drug-likeness (QED) is 0.0706. The summed E-state index contributed by atoms with van der Waals surface area (Å²) in [4.78, 5) is 43.1. The molecule has 0 spiro atoms. The van der Waals surface area contributed by atoms with Crippen LogP contribution in [0.15, 0.2) is 65.6 Å². The zero-order valence-corrected chi connectivity index (χ0v) is 33.6. The number of carbonyl (C=O) groups excluding carboxylic acids is 3. The van der Waals surface area contributed by atoms with Gasteiger partial charge in [0.05, 0.1) is 4.90 Å². The predicted octanol–water partition coefficient (Wildman–Crippen LogP) is 1.77. The summed E-state index contributed by atoms with van der Waals surface area (Å²) in [6.45, 7) is 11.3. The second-order valence-corrected chi connectivity index (χ2v) is 17.0. The Bertz CT molecular complexity index is 1840. The number of hydrogen-bond donors (Lipinski definition) is 6. The van der Waals surface area contributed by atoms with Crippen LogP contribution >= 0.6 is 0 Å². The van der Waals surface area contributed by atoms with Crippen molar-refractivity contribution in [3.8, 4) is 0 Å². The molecule has 2 unspecified atom stereocenters. The van der Waals surface area contributed by atoms with Gasteiger partial charge in [-0.25, -0.2) is 13.1 Å². The van der Waals surface area contributed by atoms with Crippen LogP contribution < -0.4 is 42.1 Å². The van der Waals surface area contributed by atoms with Gasteiger partial charge in [-0.05, 0) is 37.0 Å².